The summed E-state index contributed by atoms with van der Waals surface area (Å²) in [4.78, 5) is 24.2. The molecule has 2 unspecified atom stereocenters. The number of amides is 2. The molecule has 0 saturated carbocycles. The van der Waals surface area contributed by atoms with Crippen LogP contribution >= 0.6 is 0 Å². The lowest BCUT2D eigenvalue weighted by molar-refractivity contribution is -0.276. The Kier molecular flexibility index (Phi) is 11.9. The van der Waals surface area contributed by atoms with Crippen LogP contribution in [0.15, 0.2) is 107 Å². The molecule has 68 heavy (non-hydrogen) atoms. The molecule has 0 saturated heterocycles. The largest absolute Gasteiger partial charge is 0.573 e. The molecule has 2 amide bonds. The molecule has 2 aliphatic rings. The molecule has 362 valence electrons. The maximum absolute atomic E-state index is 14.3. The highest BCUT2D eigenvalue weighted by Crippen LogP contribution is 2.56. The second-order valence-corrected chi connectivity index (χ2v) is 17.6. The van der Waals surface area contributed by atoms with E-state index < -0.39 is 158 Å². The number of nitrogens with one attached hydrogen (secondary N) is 4. The second kappa shape index (κ2) is 17.0. The van der Waals surface area contributed by atoms with Gasteiger partial charge < -0.3 is 20.1 Å². The van der Waals surface area contributed by atoms with E-state index >= 15 is 0 Å². The molecule has 2 atom stereocenters. The van der Waals surface area contributed by atoms with E-state index in [0.717, 1.165) is 48.5 Å². The van der Waals surface area contributed by atoms with E-state index in [1.54, 1.807) is 0 Å². The van der Waals surface area contributed by atoms with Crippen molar-refractivity contribution < 1.29 is 101 Å². The fourth-order valence-corrected chi connectivity index (χ4v) is 10.2. The third kappa shape index (κ3) is 9.21. The average molecular weight is 1020 g/mol. The number of nitrogens with zero attached hydrogens (tertiary/aromatic N) is 2. The number of hydrogen-bond acceptors (Lipinski definition) is 12. The number of alkyl halides is 12. The zero-order valence-electron chi connectivity index (χ0n) is 34.8. The van der Waals surface area contributed by atoms with Gasteiger partial charge in [-0.1, -0.05) is 72.8 Å². The molecule has 0 bridgehead atoms. The first-order valence-electron chi connectivity index (χ1n) is 19.0. The third-order valence-corrected chi connectivity index (χ3v) is 13.3. The van der Waals surface area contributed by atoms with Crippen LogP contribution in [-0.2, 0) is 39.3 Å². The minimum atomic E-state index is -5.97. The van der Waals surface area contributed by atoms with Crippen molar-refractivity contribution in [2.45, 2.75) is 47.4 Å². The summed E-state index contributed by atoms with van der Waals surface area (Å²) < 4.78 is 259. The van der Waals surface area contributed by atoms with Crippen molar-refractivity contribution >= 4 is 43.4 Å². The number of carbonyl (C=O) groups is 2. The number of allylic oxidation sites excluding steroid dienone is 2. The monoisotopic (exact) mass is 1020 g/mol. The fraction of sp³-hybridized carbons (Fsp3) is 0.211. The van der Waals surface area contributed by atoms with Gasteiger partial charge in [0.05, 0.1) is 22.8 Å². The Hall–Kier alpha value is -6.92. The van der Waals surface area contributed by atoms with E-state index in [2.05, 4.69) is 30.8 Å². The molecule has 4 aromatic rings. The van der Waals surface area contributed by atoms with Gasteiger partial charge in [-0.15, -0.1) is 26.3 Å². The van der Waals surface area contributed by atoms with Crippen LogP contribution in [0.25, 0.3) is 22.5 Å². The lowest BCUT2D eigenvalue weighted by Crippen LogP contribution is -2.43. The molecule has 4 aromatic carbocycles. The van der Waals surface area contributed by atoms with Crippen LogP contribution < -0.4 is 20.1 Å². The Morgan fingerprint density at radius 3 is 1.21 bits per heavy atom. The molecule has 0 aliphatic heterocycles. The lowest BCUT2D eigenvalue weighted by Gasteiger charge is -2.38. The van der Waals surface area contributed by atoms with Crippen molar-refractivity contribution in [1.29, 1.82) is 11.0 Å². The van der Waals surface area contributed by atoms with Gasteiger partial charge in [0.25, 0.3) is 20.2 Å². The van der Waals surface area contributed by atoms with Crippen molar-refractivity contribution in [3.05, 3.63) is 130 Å². The van der Waals surface area contributed by atoms with Gasteiger partial charge in [-0.3, -0.25) is 18.7 Å². The normalized spacial score (nSPS) is 19.9. The highest BCUT2D eigenvalue weighted by molar-refractivity contribution is 7.87. The highest BCUT2D eigenvalue weighted by atomic mass is 32.2. The SMILES string of the molecule is [H]/N=N/C1=C(NC(=O)C(F)(F)F)c2ccccc2C(c2ccc(-c3ccc(C4(S(=O)(=O)O)CC(/N=N/[H])=C(NC(=O)C(F)(F)F)c5ccccc54)c(OC(F)(F)F)c3)cc2OC(F)(F)F)(S(=O)(=O)O)C1. The van der Waals surface area contributed by atoms with Gasteiger partial charge in [-0.05, 0) is 34.4 Å². The summed E-state index contributed by atoms with van der Waals surface area (Å²) in [6.07, 6.45) is -25.8. The summed E-state index contributed by atoms with van der Waals surface area (Å²) in [5, 5.41) is 9.39. The molecule has 16 nitrogen and oxygen atoms in total. The maximum atomic E-state index is 14.3. The molecule has 0 radical (unpaired) electrons. The topological polar surface area (TPSA) is 258 Å². The van der Waals surface area contributed by atoms with Crippen LogP contribution in [0.5, 0.6) is 11.5 Å². The Morgan fingerprint density at radius 2 is 0.912 bits per heavy atom. The first kappa shape index (κ1) is 47.6. The lowest BCUT2D eigenvalue weighted by atomic mass is 9.77. The molecule has 0 spiro atoms. The summed E-state index contributed by atoms with van der Waals surface area (Å²) in [6.45, 7) is 0. The number of rotatable bonds is 11. The van der Waals surface area contributed by atoms with Crippen molar-refractivity contribution in [2.75, 3.05) is 0 Å². The van der Waals surface area contributed by atoms with E-state index in [0.29, 0.717) is 36.4 Å². The molecular weight excluding hydrogens is 993 g/mol. The zero-order chi connectivity index (χ0) is 52.2. The predicted octanol–water partition coefficient (Wildman–Crippen LogP) is 8.98. The van der Waals surface area contributed by atoms with Gasteiger partial charge in [0, 0.05) is 35.1 Å². The van der Waals surface area contributed by atoms with Crippen molar-refractivity contribution in [2.24, 2.45) is 10.2 Å². The molecule has 0 fully saturated rings. The van der Waals surface area contributed by atoms with E-state index in [4.69, 9.17) is 2.82 Å². The number of halogens is 12. The van der Waals surface area contributed by atoms with Crippen molar-refractivity contribution in [1.82, 2.24) is 10.6 Å². The first-order chi connectivity index (χ1) is 32.2. The number of carbonyl (C=O) groups excluding carboxylic acids is 2. The van der Waals surface area contributed by atoms with Gasteiger partial charge in [-0.2, -0.15) is 53.4 Å². The van der Waals surface area contributed by atoms with Crippen LogP contribution in [0.1, 0.15) is 46.2 Å². The van der Waals surface area contributed by atoms with Crippen LogP contribution in [-0.4, -0.2) is 62.8 Å². The minimum Gasteiger partial charge on any atom is -0.405 e. The predicted molar refractivity (Wildman–Crippen MR) is 205 cm³/mol. The van der Waals surface area contributed by atoms with Crippen molar-refractivity contribution in [3.63, 3.8) is 0 Å². The Labute approximate surface area is 375 Å². The van der Waals surface area contributed by atoms with Crippen LogP contribution in [0, 0.1) is 11.0 Å². The summed E-state index contributed by atoms with van der Waals surface area (Å²) in [5.74, 6) is -8.54. The molecular formula is C38H24F12N6O10S2. The molecule has 30 heteroatoms. The smallest absolute Gasteiger partial charge is 0.405 e. The number of fused-ring (bicyclic) bond motifs is 2. The molecule has 0 heterocycles. The second-order valence-electron chi connectivity index (χ2n) is 14.3. The standard InChI is InChI=1S/C38H24F12N6O10S2/c39-35(40,41)31(57)53-29-19-5-1-3-7-21(19)33(67(59,60)61,15-25(29)55-51)23-11-9-17(13-27(23)65-37(45,46)47)18-10-12-24(28(14-18)66-38(48,49)50)34(68(62,63)64)16-26(56-52)30(54-32(58)36(42,43)44)20-6-2-4-8-22(20)34/h1-14,51-52H,15-16H2,(H,53,57)(H,54,58)(H,59,60,61)(H,62,63,64)/b55-51+,56-52+. The molecule has 6 rings (SSSR count). The summed E-state index contributed by atoms with van der Waals surface area (Å²) in [6, 6.07) is 10.5. The summed E-state index contributed by atoms with van der Waals surface area (Å²) >= 11 is 0. The Morgan fingerprint density at radius 1 is 0.574 bits per heavy atom. The van der Waals surface area contributed by atoms with Gasteiger partial charge in [0.15, 0.2) is 9.49 Å². The van der Waals surface area contributed by atoms with Crippen LogP contribution in [0.2, 0.25) is 2.82 Å². The van der Waals surface area contributed by atoms with E-state index in [-0.39, 0.29) is 0 Å². The van der Waals surface area contributed by atoms with E-state index in [1.807, 2.05) is 0 Å². The van der Waals surface area contributed by atoms with E-state index in [1.165, 1.54) is 10.6 Å². The quantitative estimate of drug-likeness (QED) is 0.0472. The molecule has 2 aliphatic carbocycles. The Balaban J connectivity index is 1.64. The summed E-state index contributed by atoms with van der Waals surface area (Å²) in [5.41, 5.74) is -5.58. The zero-order valence-corrected chi connectivity index (χ0v) is 34.4. The number of benzene rings is 4. The fourth-order valence-electron chi connectivity index (χ4n) is 7.78. The third-order valence-electron chi connectivity index (χ3n) is 10.4. The van der Waals surface area contributed by atoms with Crippen molar-refractivity contribution in [3.8, 4) is 22.6 Å². The summed E-state index contributed by atoms with van der Waals surface area (Å²) in [7, 11) is -11.9. The maximum Gasteiger partial charge on any atom is 0.573 e. The minimum absolute atomic E-state index is 0.334. The number of ether oxygens (including phenoxy) is 2. The van der Waals surface area contributed by atoms with Crippen LogP contribution in [0.4, 0.5) is 52.7 Å². The van der Waals surface area contributed by atoms with Gasteiger partial charge in [0.2, 0.25) is 2.82 Å². The number of hydrogen-bond donors (Lipinski definition) is 6. The molecule has 6 N–H and O–H groups in total. The van der Waals surface area contributed by atoms with Gasteiger partial charge in [0.1, 0.15) is 11.5 Å². The van der Waals surface area contributed by atoms with E-state index in [9.17, 15) is 88.2 Å². The Bertz CT molecular complexity index is 2960. The highest BCUT2D eigenvalue weighted by Gasteiger charge is 2.56. The van der Waals surface area contributed by atoms with Gasteiger partial charge in [-0.25, -0.2) is 11.0 Å². The first-order valence-corrected chi connectivity index (χ1v) is 21.0. The van der Waals surface area contributed by atoms with Crippen LogP contribution in [0.3, 0.4) is 0 Å². The average Bonchev–Trinajstić information content (AvgIpc) is 3.22. The molecule has 0 aromatic heterocycles. The van der Waals surface area contributed by atoms with Gasteiger partial charge >= 0.3 is 36.9 Å².